The van der Waals surface area contributed by atoms with Crippen LogP contribution in [0.3, 0.4) is 0 Å². The van der Waals surface area contributed by atoms with Gasteiger partial charge in [-0.2, -0.15) is 11.8 Å². The van der Waals surface area contributed by atoms with Crippen molar-refractivity contribution in [2.75, 3.05) is 36.5 Å². The van der Waals surface area contributed by atoms with E-state index in [1.807, 2.05) is 24.3 Å². The molecule has 1 aromatic rings. The Morgan fingerprint density at radius 3 is 3.06 bits per heavy atom. The molecule has 17 heavy (non-hydrogen) atoms. The summed E-state index contributed by atoms with van der Waals surface area (Å²) in [6.45, 7) is 5.56. The highest BCUT2D eigenvalue weighted by Crippen LogP contribution is 2.20. The summed E-state index contributed by atoms with van der Waals surface area (Å²) in [6, 6.07) is 8.61. The van der Waals surface area contributed by atoms with Crippen molar-refractivity contribution in [3.05, 3.63) is 29.3 Å². The molecule has 0 aromatic heterocycles. The number of nitrogens with zero attached hydrogens (tertiary/aromatic N) is 1. The molecule has 1 aromatic carbocycles. The van der Waals surface area contributed by atoms with E-state index in [0.29, 0.717) is 6.04 Å². The number of para-hydroxylation sites is 1. The van der Waals surface area contributed by atoms with Gasteiger partial charge in [0.25, 0.3) is 0 Å². The summed E-state index contributed by atoms with van der Waals surface area (Å²) < 4.78 is 0. The van der Waals surface area contributed by atoms with Crippen molar-refractivity contribution in [1.29, 1.82) is 0 Å². The molecule has 1 unspecified atom stereocenters. The number of halogens is 1. The quantitative estimate of drug-likeness (QED) is 0.905. The molecule has 4 heteroatoms. The minimum atomic E-state index is 0.696. The fraction of sp³-hybridized carbons (Fsp3) is 0.538. The van der Waals surface area contributed by atoms with Crippen LogP contribution in [0.1, 0.15) is 6.92 Å². The normalized spacial score (nSPS) is 21.4. The lowest BCUT2D eigenvalue weighted by Crippen LogP contribution is -2.42. The van der Waals surface area contributed by atoms with Crippen LogP contribution in [0.15, 0.2) is 24.3 Å². The van der Waals surface area contributed by atoms with Crippen LogP contribution < -0.4 is 5.32 Å². The molecule has 0 radical (unpaired) electrons. The van der Waals surface area contributed by atoms with Crippen molar-refractivity contribution in [2.24, 2.45) is 0 Å². The zero-order valence-electron chi connectivity index (χ0n) is 10.2. The fourth-order valence-corrected chi connectivity index (χ4v) is 3.32. The Hall–Kier alpha value is -0.380. The fourth-order valence-electron chi connectivity index (χ4n) is 2.03. The van der Waals surface area contributed by atoms with Crippen molar-refractivity contribution in [2.45, 2.75) is 13.0 Å². The van der Waals surface area contributed by atoms with Gasteiger partial charge in [-0.15, -0.1) is 0 Å². The van der Waals surface area contributed by atoms with E-state index in [4.69, 9.17) is 11.6 Å². The molecule has 0 saturated carbocycles. The average Bonchev–Trinajstić information content (AvgIpc) is 2.34. The van der Waals surface area contributed by atoms with Gasteiger partial charge >= 0.3 is 0 Å². The molecule has 94 valence electrons. The zero-order valence-corrected chi connectivity index (χ0v) is 11.7. The molecule has 1 aliphatic heterocycles. The van der Waals surface area contributed by atoms with Gasteiger partial charge in [0.15, 0.2) is 0 Å². The number of hydrogen-bond acceptors (Lipinski definition) is 3. The molecule has 1 fully saturated rings. The Balaban J connectivity index is 1.77. The lowest BCUT2D eigenvalue weighted by Gasteiger charge is -2.33. The number of rotatable bonds is 4. The Bertz CT molecular complexity index is 359. The van der Waals surface area contributed by atoms with Crippen LogP contribution in [0.2, 0.25) is 5.02 Å². The largest absolute Gasteiger partial charge is 0.383 e. The summed E-state index contributed by atoms with van der Waals surface area (Å²) in [5.74, 6) is 2.52. The zero-order chi connectivity index (χ0) is 12.1. The van der Waals surface area contributed by atoms with Gasteiger partial charge in [-0.1, -0.05) is 23.7 Å². The molecule has 0 bridgehead atoms. The van der Waals surface area contributed by atoms with Crippen molar-refractivity contribution >= 4 is 29.1 Å². The van der Waals surface area contributed by atoms with E-state index in [9.17, 15) is 0 Å². The number of thioether (sulfide) groups is 1. The molecule has 1 N–H and O–H groups in total. The standard InChI is InChI=1S/C13H19ClN2S/c1-11-10-17-9-8-16(11)7-6-15-13-5-3-2-4-12(13)14/h2-5,11,15H,6-10H2,1H3. The van der Waals surface area contributed by atoms with E-state index < -0.39 is 0 Å². The lowest BCUT2D eigenvalue weighted by atomic mass is 10.3. The van der Waals surface area contributed by atoms with Gasteiger partial charge in [0.1, 0.15) is 0 Å². The van der Waals surface area contributed by atoms with Crippen LogP contribution in [0.25, 0.3) is 0 Å². The molecule has 2 nitrogen and oxygen atoms in total. The number of benzene rings is 1. The Kier molecular flexibility index (Phi) is 5.01. The van der Waals surface area contributed by atoms with Crippen molar-refractivity contribution in [3.8, 4) is 0 Å². The van der Waals surface area contributed by atoms with Crippen molar-refractivity contribution in [1.82, 2.24) is 4.90 Å². The smallest absolute Gasteiger partial charge is 0.0637 e. The maximum atomic E-state index is 6.09. The van der Waals surface area contributed by atoms with Crippen LogP contribution in [0, 0.1) is 0 Å². The summed E-state index contributed by atoms with van der Waals surface area (Å²) in [6.07, 6.45) is 0. The molecule has 0 amide bonds. The second kappa shape index (κ2) is 6.53. The maximum Gasteiger partial charge on any atom is 0.0637 e. The lowest BCUT2D eigenvalue weighted by molar-refractivity contribution is 0.242. The first-order valence-electron chi connectivity index (χ1n) is 6.07. The first-order valence-corrected chi connectivity index (χ1v) is 7.61. The van der Waals surface area contributed by atoms with Crippen molar-refractivity contribution in [3.63, 3.8) is 0 Å². The minimum absolute atomic E-state index is 0.696. The van der Waals surface area contributed by atoms with Crippen LogP contribution in [0.4, 0.5) is 5.69 Å². The average molecular weight is 271 g/mol. The minimum Gasteiger partial charge on any atom is -0.383 e. The molecular weight excluding hydrogens is 252 g/mol. The van der Waals surface area contributed by atoms with E-state index in [1.54, 1.807) is 0 Å². The molecule has 1 heterocycles. The molecule has 1 aliphatic rings. The van der Waals surface area contributed by atoms with E-state index in [0.717, 1.165) is 23.8 Å². The summed E-state index contributed by atoms with van der Waals surface area (Å²) in [5.41, 5.74) is 1.04. The van der Waals surface area contributed by atoms with Crippen LogP contribution in [0.5, 0.6) is 0 Å². The van der Waals surface area contributed by atoms with Gasteiger partial charge < -0.3 is 5.32 Å². The number of anilines is 1. The third kappa shape index (κ3) is 3.80. The highest BCUT2D eigenvalue weighted by molar-refractivity contribution is 7.99. The molecule has 0 aliphatic carbocycles. The van der Waals surface area contributed by atoms with Gasteiger partial charge in [0, 0.05) is 37.2 Å². The second-order valence-electron chi connectivity index (χ2n) is 4.37. The van der Waals surface area contributed by atoms with E-state index >= 15 is 0 Å². The molecule has 1 atom stereocenters. The molecular formula is C13H19ClN2S. The molecule has 0 spiro atoms. The predicted octanol–water partition coefficient (Wildman–Crippen LogP) is 3.19. The Labute approximate surface area is 113 Å². The first kappa shape index (κ1) is 13.1. The van der Waals surface area contributed by atoms with Crippen LogP contribution >= 0.6 is 23.4 Å². The Morgan fingerprint density at radius 1 is 1.47 bits per heavy atom. The summed E-state index contributed by atoms with van der Waals surface area (Å²) >= 11 is 8.15. The van der Waals surface area contributed by atoms with Crippen molar-refractivity contribution < 1.29 is 0 Å². The third-order valence-electron chi connectivity index (χ3n) is 3.09. The van der Waals surface area contributed by atoms with Gasteiger partial charge in [-0.25, -0.2) is 0 Å². The predicted molar refractivity (Wildman–Crippen MR) is 78.3 cm³/mol. The second-order valence-corrected chi connectivity index (χ2v) is 5.92. The highest BCUT2D eigenvalue weighted by Gasteiger charge is 2.17. The van der Waals surface area contributed by atoms with Gasteiger partial charge in [0.05, 0.1) is 10.7 Å². The maximum absolute atomic E-state index is 6.09. The van der Waals surface area contributed by atoms with E-state index in [-0.39, 0.29) is 0 Å². The van der Waals surface area contributed by atoms with Gasteiger partial charge in [-0.05, 0) is 19.1 Å². The molecule has 2 rings (SSSR count). The molecule has 1 saturated heterocycles. The van der Waals surface area contributed by atoms with Gasteiger partial charge in [-0.3, -0.25) is 4.90 Å². The summed E-state index contributed by atoms with van der Waals surface area (Å²) in [5, 5.41) is 4.20. The highest BCUT2D eigenvalue weighted by atomic mass is 35.5. The van der Waals surface area contributed by atoms with Crippen LogP contribution in [-0.2, 0) is 0 Å². The summed E-state index contributed by atoms with van der Waals surface area (Å²) in [4.78, 5) is 2.54. The third-order valence-corrected chi connectivity index (χ3v) is 4.61. The van der Waals surface area contributed by atoms with Crippen LogP contribution in [-0.4, -0.2) is 42.1 Å². The topological polar surface area (TPSA) is 15.3 Å². The van der Waals surface area contributed by atoms with E-state index in [2.05, 4.69) is 28.9 Å². The van der Waals surface area contributed by atoms with Gasteiger partial charge in [0.2, 0.25) is 0 Å². The SMILES string of the molecule is CC1CSCCN1CCNc1ccccc1Cl. The number of nitrogens with one attached hydrogen (secondary N) is 1. The monoisotopic (exact) mass is 270 g/mol. The summed E-state index contributed by atoms with van der Waals surface area (Å²) in [7, 11) is 0. The Morgan fingerprint density at radius 2 is 2.29 bits per heavy atom. The number of hydrogen-bond donors (Lipinski definition) is 1. The first-order chi connectivity index (χ1) is 8.27. The van der Waals surface area contributed by atoms with E-state index in [1.165, 1.54) is 18.1 Å².